The third kappa shape index (κ3) is 3.18. The van der Waals surface area contributed by atoms with Crippen molar-refractivity contribution in [2.75, 3.05) is 5.32 Å². The van der Waals surface area contributed by atoms with Gasteiger partial charge in [0, 0.05) is 12.4 Å². The molecule has 0 aliphatic rings. The first kappa shape index (κ1) is 13.1. The van der Waals surface area contributed by atoms with E-state index in [-0.39, 0.29) is 0 Å². The molecule has 8 heteroatoms. The summed E-state index contributed by atoms with van der Waals surface area (Å²) in [4.78, 5) is 15.7. The lowest BCUT2D eigenvalue weighted by atomic mass is 10.2. The average Bonchev–Trinajstić information content (AvgIpc) is 2.98. The van der Waals surface area contributed by atoms with Crippen LogP contribution in [0.4, 0.5) is 10.5 Å². The number of pyridine rings is 1. The van der Waals surface area contributed by atoms with Gasteiger partial charge in [-0.25, -0.2) is 10.2 Å². The summed E-state index contributed by atoms with van der Waals surface area (Å²) in [6.07, 6.45) is 4.83. The second-order valence-electron chi connectivity index (χ2n) is 4.04. The number of urea groups is 1. The van der Waals surface area contributed by atoms with Crippen LogP contribution in [0.2, 0.25) is 0 Å². The third-order valence-corrected chi connectivity index (χ3v) is 3.16. The molecular weight excluding hydrogens is 288 g/mol. The molecule has 3 aromatic rings. The van der Waals surface area contributed by atoms with Crippen LogP contribution in [0.15, 0.2) is 47.8 Å². The molecule has 0 aliphatic carbocycles. The molecule has 3 rings (SSSR count). The van der Waals surface area contributed by atoms with Gasteiger partial charge in [-0.15, -0.1) is 0 Å². The second-order valence-corrected chi connectivity index (χ2v) is 4.57. The van der Waals surface area contributed by atoms with Crippen LogP contribution in [0, 0.1) is 0 Å². The molecule has 0 saturated carbocycles. The molecule has 0 unspecified atom stereocenters. The van der Waals surface area contributed by atoms with Gasteiger partial charge in [0.2, 0.25) is 0 Å². The number of carbonyl (C=O) groups excluding carboxylic acids is 1. The molecule has 7 nitrogen and oxygen atoms in total. The van der Waals surface area contributed by atoms with E-state index in [0.29, 0.717) is 11.2 Å². The van der Waals surface area contributed by atoms with Crippen molar-refractivity contribution in [2.24, 2.45) is 5.10 Å². The highest BCUT2D eigenvalue weighted by Gasteiger charge is 2.07. The minimum absolute atomic E-state index is 0.444. The van der Waals surface area contributed by atoms with E-state index in [4.69, 9.17) is 0 Å². The van der Waals surface area contributed by atoms with Gasteiger partial charge >= 0.3 is 6.03 Å². The van der Waals surface area contributed by atoms with Crippen LogP contribution in [0.25, 0.3) is 11.0 Å². The van der Waals surface area contributed by atoms with E-state index in [1.165, 1.54) is 6.21 Å². The highest BCUT2D eigenvalue weighted by atomic mass is 32.1. The van der Waals surface area contributed by atoms with Gasteiger partial charge in [-0.05, 0) is 29.8 Å². The van der Waals surface area contributed by atoms with E-state index >= 15 is 0 Å². The molecule has 1 aromatic carbocycles. The second kappa shape index (κ2) is 6.06. The molecule has 2 heterocycles. The lowest BCUT2D eigenvalue weighted by Gasteiger charge is -2.04. The lowest BCUT2D eigenvalue weighted by molar-refractivity contribution is 0.252. The summed E-state index contributed by atoms with van der Waals surface area (Å²) in [6.45, 7) is 0. The summed E-state index contributed by atoms with van der Waals surface area (Å²) in [5.74, 6) is 0. The molecule has 2 amide bonds. The molecule has 2 N–H and O–H groups in total. The topological polar surface area (TPSA) is 92.2 Å². The van der Waals surface area contributed by atoms with Crippen LogP contribution < -0.4 is 10.7 Å². The summed E-state index contributed by atoms with van der Waals surface area (Å²) in [7, 11) is 0. The number of anilines is 1. The van der Waals surface area contributed by atoms with Crippen molar-refractivity contribution in [3.8, 4) is 0 Å². The molecule has 0 atom stereocenters. The van der Waals surface area contributed by atoms with Gasteiger partial charge in [-0.3, -0.25) is 4.98 Å². The normalized spacial score (nSPS) is 10.9. The molecule has 104 valence electrons. The van der Waals surface area contributed by atoms with Gasteiger partial charge in [0.15, 0.2) is 0 Å². The average molecular weight is 298 g/mol. The molecule has 0 bridgehead atoms. The fourth-order valence-electron chi connectivity index (χ4n) is 1.67. The number of hydrogen-bond acceptors (Lipinski definition) is 6. The molecule has 0 aliphatic heterocycles. The zero-order valence-corrected chi connectivity index (χ0v) is 11.5. The van der Waals surface area contributed by atoms with E-state index in [1.807, 2.05) is 6.07 Å². The van der Waals surface area contributed by atoms with Crippen molar-refractivity contribution >= 4 is 40.7 Å². The Labute approximate surface area is 124 Å². The van der Waals surface area contributed by atoms with E-state index < -0.39 is 6.03 Å². The fraction of sp³-hybridized carbons (Fsp3) is 0. The number of nitrogens with one attached hydrogen (secondary N) is 2. The molecule has 21 heavy (non-hydrogen) atoms. The number of fused-ring (bicyclic) bond motifs is 1. The standard InChI is InChI=1S/C13H10N6OS/c20-13(17-15-8-9-4-6-14-7-5-9)16-10-2-1-3-11-12(10)19-21-18-11/h1-8H,(H2,16,17,20). The van der Waals surface area contributed by atoms with Crippen molar-refractivity contribution in [3.63, 3.8) is 0 Å². The minimum atomic E-state index is -0.444. The predicted molar refractivity (Wildman–Crippen MR) is 81.4 cm³/mol. The number of aromatic nitrogens is 3. The fourth-order valence-corrected chi connectivity index (χ4v) is 2.22. The number of hydrazone groups is 1. The summed E-state index contributed by atoms with van der Waals surface area (Å²) >= 11 is 1.10. The van der Waals surface area contributed by atoms with E-state index in [9.17, 15) is 4.79 Å². The first-order valence-corrected chi connectivity index (χ1v) is 6.77. The van der Waals surface area contributed by atoms with E-state index in [0.717, 1.165) is 22.8 Å². The zero-order chi connectivity index (χ0) is 14.5. The molecule has 2 aromatic heterocycles. The Bertz CT molecular complexity index is 785. The first-order chi connectivity index (χ1) is 10.3. The molecule has 0 radical (unpaired) electrons. The number of hydrogen-bond donors (Lipinski definition) is 2. The van der Waals surface area contributed by atoms with Crippen LogP contribution in [-0.4, -0.2) is 26.0 Å². The van der Waals surface area contributed by atoms with Crippen molar-refractivity contribution in [2.45, 2.75) is 0 Å². The third-order valence-electron chi connectivity index (χ3n) is 2.62. The lowest BCUT2D eigenvalue weighted by Crippen LogP contribution is -2.24. The van der Waals surface area contributed by atoms with Crippen molar-refractivity contribution in [1.29, 1.82) is 0 Å². The van der Waals surface area contributed by atoms with Crippen molar-refractivity contribution in [3.05, 3.63) is 48.3 Å². The minimum Gasteiger partial charge on any atom is -0.304 e. The van der Waals surface area contributed by atoms with Gasteiger partial charge < -0.3 is 5.32 Å². The van der Waals surface area contributed by atoms with Gasteiger partial charge in [-0.1, -0.05) is 6.07 Å². The van der Waals surface area contributed by atoms with Crippen molar-refractivity contribution < 1.29 is 4.79 Å². The summed E-state index contributed by atoms with van der Waals surface area (Å²) in [5.41, 5.74) is 5.24. The van der Waals surface area contributed by atoms with Crippen LogP contribution >= 0.6 is 11.7 Å². The Morgan fingerprint density at radius 2 is 2.05 bits per heavy atom. The van der Waals surface area contributed by atoms with Crippen LogP contribution in [0.5, 0.6) is 0 Å². The predicted octanol–water partition coefficient (Wildman–Crippen LogP) is 2.24. The zero-order valence-electron chi connectivity index (χ0n) is 10.7. The van der Waals surface area contributed by atoms with Crippen LogP contribution in [-0.2, 0) is 0 Å². The molecule has 0 fully saturated rings. The maximum atomic E-state index is 11.8. The van der Waals surface area contributed by atoms with E-state index in [1.54, 1.807) is 36.7 Å². The van der Waals surface area contributed by atoms with Crippen molar-refractivity contribution in [1.82, 2.24) is 19.2 Å². The van der Waals surface area contributed by atoms with E-state index in [2.05, 4.69) is 29.6 Å². The van der Waals surface area contributed by atoms with Gasteiger partial charge in [0.25, 0.3) is 0 Å². The van der Waals surface area contributed by atoms with Gasteiger partial charge in [-0.2, -0.15) is 13.8 Å². The smallest absolute Gasteiger partial charge is 0.304 e. The Morgan fingerprint density at radius 1 is 1.19 bits per heavy atom. The Balaban J connectivity index is 1.64. The SMILES string of the molecule is O=C(NN=Cc1ccncc1)Nc1cccc2nsnc12. The molecule has 0 spiro atoms. The number of nitrogens with zero attached hydrogens (tertiary/aromatic N) is 4. The largest absolute Gasteiger partial charge is 0.339 e. The van der Waals surface area contributed by atoms with Gasteiger partial charge in [0.1, 0.15) is 11.0 Å². The quantitative estimate of drug-likeness (QED) is 0.573. The summed E-state index contributed by atoms with van der Waals surface area (Å²) in [5, 5.41) is 6.54. The number of amides is 2. The van der Waals surface area contributed by atoms with Gasteiger partial charge in [0.05, 0.1) is 23.6 Å². The number of rotatable bonds is 3. The highest BCUT2D eigenvalue weighted by molar-refractivity contribution is 7.00. The Kier molecular flexibility index (Phi) is 3.79. The van der Waals surface area contributed by atoms with Crippen LogP contribution in [0.3, 0.4) is 0 Å². The Hall–Kier alpha value is -2.87. The monoisotopic (exact) mass is 298 g/mol. The first-order valence-electron chi connectivity index (χ1n) is 6.04. The maximum absolute atomic E-state index is 11.8. The summed E-state index contributed by atoms with van der Waals surface area (Å²) in [6, 6.07) is 8.52. The maximum Gasteiger partial charge on any atom is 0.339 e. The number of carbonyl (C=O) groups is 1. The molecule has 0 saturated heterocycles. The Morgan fingerprint density at radius 3 is 2.90 bits per heavy atom. The highest BCUT2D eigenvalue weighted by Crippen LogP contribution is 2.20. The summed E-state index contributed by atoms with van der Waals surface area (Å²) < 4.78 is 8.25. The molecular formula is C13H10N6OS. The van der Waals surface area contributed by atoms with Crippen LogP contribution in [0.1, 0.15) is 5.56 Å². The number of benzene rings is 1.